The molecule has 1 N–H and O–H groups in total. The van der Waals surface area contributed by atoms with Gasteiger partial charge in [0.15, 0.2) is 0 Å². The van der Waals surface area contributed by atoms with E-state index >= 15 is 0 Å². The number of alkyl halides is 1. The minimum Gasteiger partial charge on any atom is -0.392 e. The van der Waals surface area contributed by atoms with E-state index in [9.17, 15) is 5.11 Å². The molecule has 0 aliphatic heterocycles. The van der Waals surface area contributed by atoms with Gasteiger partial charge in [0.25, 0.3) is 0 Å². The second kappa shape index (κ2) is 5.96. The Labute approximate surface area is 112 Å². The van der Waals surface area contributed by atoms with Crippen LogP contribution in [0.15, 0.2) is 35.0 Å². The molecular formula is C12H13BrOS2. The molecule has 1 nitrogen and oxygen atoms in total. The van der Waals surface area contributed by atoms with Crippen molar-refractivity contribution in [3.63, 3.8) is 0 Å². The predicted molar refractivity (Wildman–Crippen MR) is 74.9 cm³/mol. The van der Waals surface area contributed by atoms with Crippen LogP contribution in [0.4, 0.5) is 0 Å². The van der Waals surface area contributed by atoms with Crippen LogP contribution in [0.3, 0.4) is 0 Å². The summed E-state index contributed by atoms with van der Waals surface area (Å²) >= 11 is 6.85. The van der Waals surface area contributed by atoms with Gasteiger partial charge in [-0.1, -0.05) is 28.1 Å². The highest BCUT2D eigenvalue weighted by Gasteiger charge is 2.19. The topological polar surface area (TPSA) is 20.2 Å². The van der Waals surface area contributed by atoms with Gasteiger partial charge < -0.3 is 5.11 Å². The second-order valence-electron chi connectivity index (χ2n) is 3.63. The molecule has 0 aliphatic carbocycles. The van der Waals surface area contributed by atoms with Crippen LogP contribution in [-0.2, 0) is 0 Å². The Kier molecular flexibility index (Phi) is 4.58. The first-order valence-corrected chi connectivity index (χ1v) is 8.00. The summed E-state index contributed by atoms with van der Waals surface area (Å²) in [7, 11) is 0. The van der Waals surface area contributed by atoms with Crippen LogP contribution in [0.25, 0.3) is 0 Å². The summed E-state index contributed by atoms with van der Waals surface area (Å²) in [6.45, 7) is 0. The molecule has 2 heterocycles. The van der Waals surface area contributed by atoms with Crippen LogP contribution in [0.1, 0.15) is 22.1 Å². The number of hydrogen-bond donors (Lipinski definition) is 1. The first-order valence-electron chi connectivity index (χ1n) is 5.12. The smallest absolute Gasteiger partial charge is 0.0646 e. The molecule has 1 unspecified atom stereocenters. The lowest BCUT2D eigenvalue weighted by atomic mass is 9.98. The third-order valence-electron chi connectivity index (χ3n) is 2.46. The zero-order valence-corrected chi connectivity index (χ0v) is 11.9. The van der Waals surface area contributed by atoms with Gasteiger partial charge in [-0.15, -0.1) is 22.7 Å². The van der Waals surface area contributed by atoms with Gasteiger partial charge in [-0.3, -0.25) is 0 Å². The molecule has 0 spiro atoms. The quantitative estimate of drug-likeness (QED) is 0.824. The highest BCUT2D eigenvalue weighted by Crippen LogP contribution is 2.34. The molecule has 2 rings (SSSR count). The standard InChI is InChI=1S/C12H13BrOS2/c13-8-9(14)7-10(11-3-1-5-15-11)12-4-2-6-16-12/h1-6,9-10,14H,7-8H2. The van der Waals surface area contributed by atoms with Crippen molar-refractivity contribution in [3.8, 4) is 0 Å². The number of thiophene rings is 2. The van der Waals surface area contributed by atoms with Crippen molar-refractivity contribution in [2.45, 2.75) is 18.4 Å². The lowest BCUT2D eigenvalue weighted by molar-refractivity contribution is 0.185. The summed E-state index contributed by atoms with van der Waals surface area (Å²) in [4.78, 5) is 2.67. The maximum absolute atomic E-state index is 9.79. The van der Waals surface area contributed by atoms with Crippen molar-refractivity contribution in [1.29, 1.82) is 0 Å². The summed E-state index contributed by atoms with van der Waals surface area (Å²) < 4.78 is 0. The molecule has 2 aromatic rings. The minimum atomic E-state index is -0.283. The van der Waals surface area contributed by atoms with Crippen LogP contribution < -0.4 is 0 Å². The van der Waals surface area contributed by atoms with Crippen LogP contribution in [0.2, 0.25) is 0 Å². The summed E-state index contributed by atoms with van der Waals surface area (Å²) in [6, 6.07) is 8.44. The lowest BCUT2D eigenvalue weighted by Gasteiger charge is -2.16. The van der Waals surface area contributed by atoms with Gasteiger partial charge in [0.1, 0.15) is 0 Å². The molecule has 0 radical (unpaired) electrons. The Hall–Kier alpha value is -0.160. The van der Waals surface area contributed by atoms with Crippen molar-refractivity contribution in [2.75, 3.05) is 5.33 Å². The van der Waals surface area contributed by atoms with Gasteiger partial charge in [0.05, 0.1) is 6.10 Å². The van der Waals surface area contributed by atoms with Crippen LogP contribution in [0.5, 0.6) is 0 Å². The summed E-state index contributed by atoms with van der Waals surface area (Å²) in [5.41, 5.74) is 0. The lowest BCUT2D eigenvalue weighted by Crippen LogP contribution is -2.13. The van der Waals surface area contributed by atoms with E-state index in [4.69, 9.17) is 0 Å². The van der Waals surface area contributed by atoms with Gasteiger partial charge in [-0.25, -0.2) is 0 Å². The molecule has 0 amide bonds. The molecule has 86 valence electrons. The molecule has 1 atom stereocenters. The third kappa shape index (κ3) is 2.94. The summed E-state index contributed by atoms with van der Waals surface area (Å²) in [6.07, 6.45) is 0.501. The monoisotopic (exact) mass is 316 g/mol. The van der Waals surface area contributed by atoms with Crippen molar-refractivity contribution < 1.29 is 5.11 Å². The maximum atomic E-state index is 9.79. The molecule has 0 aliphatic rings. The minimum absolute atomic E-state index is 0.283. The van der Waals surface area contributed by atoms with E-state index in [0.717, 1.165) is 6.42 Å². The van der Waals surface area contributed by atoms with E-state index in [-0.39, 0.29) is 6.10 Å². The van der Waals surface area contributed by atoms with E-state index in [1.54, 1.807) is 22.7 Å². The molecule has 0 aromatic carbocycles. The molecule has 0 saturated carbocycles. The van der Waals surface area contributed by atoms with Gasteiger partial charge in [0.2, 0.25) is 0 Å². The normalized spacial score (nSPS) is 13.2. The molecular weight excluding hydrogens is 304 g/mol. The fraction of sp³-hybridized carbons (Fsp3) is 0.333. The summed E-state index contributed by atoms with van der Waals surface area (Å²) in [5.74, 6) is 0.340. The predicted octanol–water partition coefficient (Wildman–Crippen LogP) is 4.09. The van der Waals surface area contributed by atoms with E-state index in [1.807, 2.05) is 0 Å². The van der Waals surface area contributed by atoms with E-state index in [0.29, 0.717) is 11.2 Å². The first kappa shape index (κ1) is 12.3. The van der Waals surface area contributed by atoms with E-state index in [2.05, 4.69) is 51.0 Å². The van der Waals surface area contributed by atoms with Crippen molar-refractivity contribution in [1.82, 2.24) is 0 Å². The first-order chi connectivity index (χ1) is 7.81. The van der Waals surface area contributed by atoms with Gasteiger partial charge in [-0.05, 0) is 29.3 Å². The molecule has 2 aromatic heterocycles. The molecule has 0 saturated heterocycles. The van der Waals surface area contributed by atoms with Crippen molar-refractivity contribution in [3.05, 3.63) is 44.8 Å². The number of halogens is 1. The van der Waals surface area contributed by atoms with Crippen LogP contribution in [-0.4, -0.2) is 16.5 Å². The zero-order valence-electron chi connectivity index (χ0n) is 8.67. The van der Waals surface area contributed by atoms with Crippen LogP contribution >= 0.6 is 38.6 Å². The average molecular weight is 317 g/mol. The van der Waals surface area contributed by atoms with E-state index < -0.39 is 0 Å². The highest BCUT2D eigenvalue weighted by molar-refractivity contribution is 9.09. The highest BCUT2D eigenvalue weighted by atomic mass is 79.9. The molecule has 16 heavy (non-hydrogen) atoms. The largest absolute Gasteiger partial charge is 0.392 e. The summed E-state index contributed by atoms with van der Waals surface area (Å²) in [5, 5.41) is 14.6. The Morgan fingerprint density at radius 2 is 1.69 bits per heavy atom. The average Bonchev–Trinajstić information content (AvgIpc) is 2.97. The SMILES string of the molecule is OC(CBr)CC(c1cccs1)c1cccs1. The second-order valence-corrected chi connectivity index (χ2v) is 6.23. The number of aliphatic hydroxyl groups excluding tert-OH is 1. The Morgan fingerprint density at radius 3 is 2.06 bits per heavy atom. The molecule has 0 fully saturated rings. The maximum Gasteiger partial charge on any atom is 0.0646 e. The van der Waals surface area contributed by atoms with E-state index in [1.165, 1.54) is 9.75 Å². The Bertz CT molecular complexity index is 362. The number of aliphatic hydroxyl groups is 1. The third-order valence-corrected chi connectivity index (χ3v) is 5.18. The van der Waals surface area contributed by atoms with Crippen molar-refractivity contribution in [2.24, 2.45) is 0 Å². The molecule has 4 heteroatoms. The number of hydrogen-bond acceptors (Lipinski definition) is 3. The van der Waals surface area contributed by atoms with Gasteiger partial charge >= 0.3 is 0 Å². The van der Waals surface area contributed by atoms with Crippen LogP contribution in [0, 0.1) is 0 Å². The van der Waals surface area contributed by atoms with Gasteiger partial charge in [-0.2, -0.15) is 0 Å². The zero-order chi connectivity index (χ0) is 11.4. The Balaban J connectivity index is 2.20. The van der Waals surface area contributed by atoms with Gasteiger partial charge in [0, 0.05) is 21.0 Å². The fourth-order valence-corrected chi connectivity index (χ4v) is 3.74. The fourth-order valence-electron chi connectivity index (χ4n) is 1.69. The number of rotatable bonds is 5. The molecule has 0 bridgehead atoms. The Morgan fingerprint density at radius 1 is 1.12 bits per heavy atom. The van der Waals surface area contributed by atoms with Crippen molar-refractivity contribution >= 4 is 38.6 Å².